The van der Waals surface area contributed by atoms with Gasteiger partial charge < -0.3 is 9.84 Å². The van der Waals surface area contributed by atoms with Crippen molar-refractivity contribution < 1.29 is 19.0 Å². The molecule has 0 amide bonds. The predicted octanol–water partition coefficient (Wildman–Crippen LogP) is 1.64. The van der Waals surface area contributed by atoms with Gasteiger partial charge in [-0.2, -0.15) is 0 Å². The molecule has 0 saturated carbocycles. The number of ether oxygens (including phenoxy) is 1. The quantitative estimate of drug-likeness (QED) is 0.650. The standard InChI is InChI=1S/C10H9ClFNO3/c1-5(10(15)16-2)9(14)8-3-6(11)7(12)4-13-8/h3-4,9,14H,1H2,2H3. The van der Waals surface area contributed by atoms with Crippen molar-refractivity contribution in [1.82, 2.24) is 4.98 Å². The highest BCUT2D eigenvalue weighted by atomic mass is 35.5. The highest BCUT2D eigenvalue weighted by Gasteiger charge is 2.20. The van der Waals surface area contributed by atoms with E-state index in [2.05, 4.69) is 16.3 Å². The lowest BCUT2D eigenvalue weighted by Gasteiger charge is -2.11. The Labute approximate surface area is 96.3 Å². The number of esters is 1. The van der Waals surface area contributed by atoms with Crippen LogP contribution in [0, 0.1) is 5.82 Å². The molecule has 16 heavy (non-hydrogen) atoms. The van der Waals surface area contributed by atoms with Crippen LogP contribution in [0.2, 0.25) is 5.02 Å². The minimum atomic E-state index is -1.37. The first-order chi connectivity index (χ1) is 7.47. The molecule has 0 fully saturated rings. The number of pyridine rings is 1. The Hall–Kier alpha value is -1.46. The Kier molecular flexibility index (Phi) is 3.98. The minimum Gasteiger partial charge on any atom is -0.466 e. The van der Waals surface area contributed by atoms with E-state index in [-0.39, 0.29) is 16.3 Å². The molecule has 1 aromatic rings. The normalized spacial score (nSPS) is 12.0. The first-order valence-electron chi connectivity index (χ1n) is 4.23. The third kappa shape index (κ3) is 2.56. The Morgan fingerprint density at radius 3 is 2.88 bits per heavy atom. The summed E-state index contributed by atoms with van der Waals surface area (Å²) in [6.07, 6.45) is -0.517. The Morgan fingerprint density at radius 1 is 1.75 bits per heavy atom. The van der Waals surface area contributed by atoms with Crippen LogP contribution in [-0.2, 0) is 9.53 Å². The summed E-state index contributed by atoms with van der Waals surface area (Å²) in [5.74, 6) is -1.48. The molecular weight excluding hydrogens is 237 g/mol. The predicted molar refractivity (Wildman–Crippen MR) is 55.3 cm³/mol. The third-order valence-corrected chi connectivity index (χ3v) is 2.18. The zero-order valence-corrected chi connectivity index (χ0v) is 9.16. The second kappa shape index (κ2) is 5.05. The van der Waals surface area contributed by atoms with Gasteiger partial charge in [-0.25, -0.2) is 9.18 Å². The van der Waals surface area contributed by atoms with E-state index in [4.69, 9.17) is 11.6 Å². The second-order valence-corrected chi connectivity index (χ2v) is 3.35. The third-order valence-electron chi connectivity index (χ3n) is 1.89. The van der Waals surface area contributed by atoms with Crippen LogP contribution in [0.25, 0.3) is 0 Å². The molecule has 0 aliphatic carbocycles. The van der Waals surface area contributed by atoms with Crippen molar-refractivity contribution in [3.63, 3.8) is 0 Å². The molecule has 0 aliphatic rings. The van der Waals surface area contributed by atoms with Gasteiger partial charge in [-0.1, -0.05) is 18.2 Å². The molecule has 4 nitrogen and oxygen atoms in total. The average Bonchev–Trinajstić information content (AvgIpc) is 2.29. The van der Waals surface area contributed by atoms with Crippen LogP contribution in [0.4, 0.5) is 4.39 Å². The van der Waals surface area contributed by atoms with Gasteiger partial charge in [0.1, 0.15) is 6.10 Å². The van der Waals surface area contributed by atoms with E-state index in [0.29, 0.717) is 0 Å². The second-order valence-electron chi connectivity index (χ2n) is 2.94. The van der Waals surface area contributed by atoms with Gasteiger partial charge in [-0.15, -0.1) is 0 Å². The molecular formula is C10H9ClFNO3. The molecule has 1 N–H and O–H groups in total. The van der Waals surface area contributed by atoms with Crippen molar-refractivity contribution in [3.05, 3.63) is 40.9 Å². The molecule has 0 spiro atoms. The molecule has 0 radical (unpaired) electrons. The van der Waals surface area contributed by atoms with E-state index in [1.54, 1.807) is 0 Å². The van der Waals surface area contributed by atoms with Gasteiger partial charge in [0.25, 0.3) is 0 Å². The number of aromatic nitrogens is 1. The molecule has 0 saturated heterocycles. The Balaban J connectivity index is 2.96. The molecule has 0 aliphatic heterocycles. The fourth-order valence-electron chi connectivity index (χ4n) is 1.000. The highest BCUT2D eigenvalue weighted by molar-refractivity contribution is 6.30. The SMILES string of the molecule is C=C(C(=O)OC)C(O)c1cc(Cl)c(F)cn1. The summed E-state index contributed by atoms with van der Waals surface area (Å²) in [7, 11) is 1.16. The summed E-state index contributed by atoms with van der Waals surface area (Å²) in [6.45, 7) is 3.35. The van der Waals surface area contributed by atoms with Crippen LogP contribution in [0.15, 0.2) is 24.4 Å². The van der Waals surface area contributed by atoms with Crippen molar-refractivity contribution in [2.24, 2.45) is 0 Å². The summed E-state index contributed by atoms with van der Waals surface area (Å²) in [5.41, 5.74) is -0.167. The molecule has 1 rings (SSSR count). The van der Waals surface area contributed by atoms with E-state index >= 15 is 0 Å². The minimum absolute atomic E-state index is 0.0294. The summed E-state index contributed by atoms with van der Waals surface area (Å²) in [5, 5.41) is 9.47. The number of aliphatic hydroxyl groups is 1. The van der Waals surface area contributed by atoms with Gasteiger partial charge in [0, 0.05) is 0 Å². The van der Waals surface area contributed by atoms with Crippen LogP contribution >= 0.6 is 11.6 Å². The van der Waals surface area contributed by atoms with Crippen molar-refractivity contribution >= 4 is 17.6 Å². The van der Waals surface area contributed by atoms with E-state index in [1.807, 2.05) is 0 Å². The fourth-order valence-corrected chi connectivity index (χ4v) is 1.16. The summed E-state index contributed by atoms with van der Waals surface area (Å²) >= 11 is 5.50. The van der Waals surface area contributed by atoms with E-state index in [9.17, 15) is 14.3 Å². The summed E-state index contributed by atoms with van der Waals surface area (Å²) in [6, 6.07) is 1.12. The van der Waals surface area contributed by atoms with Crippen molar-refractivity contribution in [2.45, 2.75) is 6.10 Å². The number of carbonyl (C=O) groups excluding carboxylic acids is 1. The Morgan fingerprint density at radius 2 is 2.38 bits per heavy atom. The average molecular weight is 246 g/mol. The number of halogens is 2. The van der Waals surface area contributed by atoms with Gasteiger partial charge in [-0.3, -0.25) is 4.98 Å². The fraction of sp³-hybridized carbons (Fsp3) is 0.200. The first-order valence-corrected chi connectivity index (χ1v) is 4.61. The number of hydrogen-bond acceptors (Lipinski definition) is 4. The van der Waals surface area contributed by atoms with Gasteiger partial charge in [0.2, 0.25) is 0 Å². The lowest BCUT2D eigenvalue weighted by molar-refractivity contribution is -0.137. The van der Waals surface area contributed by atoms with Crippen molar-refractivity contribution in [2.75, 3.05) is 7.11 Å². The smallest absolute Gasteiger partial charge is 0.336 e. The highest BCUT2D eigenvalue weighted by Crippen LogP contribution is 2.23. The topological polar surface area (TPSA) is 59.4 Å². The van der Waals surface area contributed by atoms with Crippen LogP contribution in [0.5, 0.6) is 0 Å². The molecule has 1 aromatic heterocycles. The van der Waals surface area contributed by atoms with Gasteiger partial charge >= 0.3 is 5.97 Å². The number of carbonyl (C=O) groups is 1. The summed E-state index contributed by atoms with van der Waals surface area (Å²) < 4.78 is 17.2. The lowest BCUT2D eigenvalue weighted by atomic mass is 10.1. The van der Waals surface area contributed by atoms with Crippen LogP contribution < -0.4 is 0 Å². The van der Waals surface area contributed by atoms with Gasteiger partial charge in [-0.05, 0) is 6.07 Å². The number of rotatable bonds is 3. The maximum atomic E-state index is 12.8. The van der Waals surface area contributed by atoms with Crippen LogP contribution in [0.3, 0.4) is 0 Å². The van der Waals surface area contributed by atoms with Crippen molar-refractivity contribution in [3.8, 4) is 0 Å². The maximum absolute atomic E-state index is 12.8. The number of methoxy groups -OCH3 is 1. The molecule has 1 heterocycles. The first kappa shape index (κ1) is 12.6. The molecule has 1 unspecified atom stereocenters. The van der Waals surface area contributed by atoms with E-state index < -0.39 is 17.9 Å². The number of aliphatic hydroxyl groups excluding tert-OH is 1. The molecule has 0 bridgehead atoms. The van der Waals surface area contributed by atoms with E-state index in [1.165, 1.54) is 0 Å². The van der Waals surface area contributed by atoms with Gasteiger partial charge in [0.15, 0.2) is 5.82 Å². The molecule has 0 aromatic carbocycles. The zero-order valence-electron chi connectivity index (χ0n) is 8.41. The molecule has 6 heteroatoms. The monoisotopic (exact) mass is 245 g/mol. The van der Waals surface area contributed by atoms with Crippen LogP contribution in [0.1, 0.15) is 11.8 Å². The van der Waals surface area contributed by atoms with Gasteiger partial charge in [0.05, 0.1) is 29.6 Å². The van der Waals surface area contributed by atoms with E-state index in [0.717, 1.165) is 19.4 Å². The maximum Gasteiger partial charge on any atom is 0.336 e. The Bertz CT molecular complexity index is 436. The number of nitrogens with zero attached hydrogens (tertiary/aromatic N) is 1. The van der Waals surface area contributed by atoms with Crippen LogP contribution in [-0.4, -0.2) is 23.2 Å². The lowest BCUT2D eigenvalue weighted by Crippen LogP contribution is -2.13. The molecule has 86 valence electrons. The zero-order chi connectivity index (χ0) is 12.3. The largest absolute Gasteiger partial charge is 0.466 e. The summed E-state index contributed by atoms with van der Waals surface area (Å²) in [4.78, 5) is 14.7. The van der Waals surface area contributed by atoms with Crippen molar-refractivity contribution in [1.29, 1.82) is 0 Å². The molecule has 1 atom stereocenters. The number of hydrogen-bond donors (Lipinski definition) is 1.